The number of rotatable bonds is 11. The molecule has 3 aromatic rings. The van der Waals surface area contributed by atoms with Gasteiger partial charge < -0.3 is 24.1 Å². The van der Waals surface area contributed by atoms with Crippen molar-refractivity contribution >= 4 is 34.9 Å². The number of hydrogen-bond acceptors (Lipinski definition) is 14. The van der Waals surface area contributed by atoms with Crippen LogP contribution in [0.25, 0.3) is 0 Å². The van der Waals surface area contributed by atoms with Gasteiger partial charge in [-0.3, -0.25) is 35.8 Å². The highest BCUT2D eigenvalue weighted by molar-refractivity contribution is 6.07. The van der Waals surface area contributed by atoms with Crippen LogP contribution >= 0.6 is 0 Å². The molecule has 18 heteroatoms. The van der Waals surface area contributed by atoms with E-state index in [1.807, 2.05) is 0 Å². The number of allylic oxidation sites excluding steroid dienone is 1. The van der Waals surface area contributed by atoms with Crippen molar-refractivity contribution in [2.75, 3.05) is 13.7 Å². The summed E-state index contributed by atoms with van der Waals surface area (Å²) in [4.78, 5) is 63.0. The summed E-state index contributed by atoms with van der Waals surface area (Å²) in [6, 6.07) is 7.58. The minimum Gasteiger partial charge on any atom is -0.466 e. The summed E-state index contributed by atoms with van der Waals surface area (Å²) in [5.74, 6) is -4.85. The predicted octanol–water partition coefficient (Wildman–Crippen LogP) is 3.30. The summed E-state index contributed by atoms with van der Waals surface area (Å²) in [6.45, 7) is 1.24. The Labute approximate surface area is 252 Å². The molecule has 0 fully saturated rings. The van der Waals surface area contributed by atoms with Gasteiger partial charge in [-0.05, 0) is 18.6 Å². The van der Waals surface area contributed by atoms with E-state index in [1.54, 1.807) is 6.20 Å². The van der Waals surface area contributed by atoms with Crippen LogP contribution in [0.1, 0.15) is 18.4 Å². The minimum absolute atomic E-state index is 0.0611. The smallest absolute Gasteiger partial charge is 0.337 e. The van der Waals surface area contributed by atoms with Crippen molar-refractivity contribution in [1.82, 2.24) is 14.9 Å². The number of nitro groups is 3. The maximum Gasteiger partial charge on any atom is 0.337 e. The third kappa shape index (κ3) is 6.63. The molecule has 2 heterocycles. The third-order valence-electron chi connectivity index (χ3n) is 6.45. The second kappa shape index (κ2) is 13.2. The summed E-state index contributed by atoms with van der Waals surface area (Å²) in [7, 11) is 1.09. The van der Waals surface area contributed by atoms with Crippen LogP contribution in [-0.2, 0) is 25.6 Å². The zero-order chi connectivity index (χ0) is 32.8. The van der Waals surface area contributed by atoms with E-state index in [-0.39, 0.29) is 35.7 Å². The number of imidazole rings is 1. The molecule has 0 spiro atoms. The van der Waals surface area contributed by atoms with Crippen LogP contribution in [0.2, 0.25) is 0 Å². The zero-order valence-corrected chi connectivity index (χ0v) is 23.5. The Kier molecular flexibility index (Phi) is 9.26. The van der Waals surface area contributed by atoms with Gasteiger partial charge >= 0.3 is 17.6 Å². The first kappa shape index (κ1) is 31.5. The first-order chi connectivity index (χ1) is 21.5. The standard InChI is InChI=1S/C27H23N7O11/c1-3-44-27(36)23-21(15-5-4-6-16(11-15)32(37)38)22(26(35)43-2)18(13-31-10-9-29-14-31)30-24(23)25(28)45-20-8-7-17(33(39)40)12-19(20)34(41)42/h4-12,14,21,28,30H,3,13H2,1-2H3. The minimum atomic E-state index is -1.43. The lowest BCUT2D eigenvalue weighted by molar-refractivity contribution is -0.394. The molecule has 0 aliphatic carbocycles. The van der Waals surface area contributed by atoms with Crippen LogP contribution in [0.5, 0.6) is 5.75 Å². The van der Waals surface area contributed by atoms with Gasteiger partial charge in [-0.25, -0.2) is 14.6 Å². The molecule has 18 nitrogen and oxygen atoms in total. The number of aromatic nitrogens is 2. The first-order valence-corrected chi connectivity index (χ1v) is 12.9. The fraction of sp³-hybridized carbons (Fsp3) is 0.185. The van der Waals surface area contributed by atoms with Crippen molar-refractivity contribution in [3.63, 3.8) is 0 Å². The molecule has 2 aromatic carbocycles. The summed E-state index contributed by atoms with van der Waals surface area (Å²) >= 11 is 0. The van der Waals surface area contributed by atoms with E-state index in [9.17, 15) is 39.9 Å². The summed E-state index contributed by atoms with van der Waals surface area (Å²) in [5.41, 5.74) is -2.65. The number of nitrogens with one attached hydrogen (secondary N) is 2. The molecule has 0 amide bonds. The van der Waals surface area contributed by atoms with Gasteiger partial charge in [0.25, 0.3) is 11.4 Å². The number of benzene rings is 2. The zero-order valence-electron chi connectivity index (χ0n) is 23.5. The molecule has 0 saturated carbocycles. The summed E-state index contributed by atoms with van der Waals surface area (Å²) in [5, 5.41) is 46.2. The van der Waals surface area contributed by atoms with Crippen LogP contribution in [0.4, 0.5) is 17.1 Å². The Balaban J connectivity index is 1.98. The van der Waals surface area contributed by atoms with E-state index in [0.717, 1.165) is 25.3 Å². The molecular weight excluding hydrogens is 598 g/mol. The number of non-ortho nitro benzene ring substituents is 2. The van der Waals surface area contributed by atoms with Crippen molar-refractivity contribution in [3.05, 3.63) is 120 Å². The Morgan fingerprint density at radius 1 is 1.00 bits per heavy atom. The quantitative estimate of drug-likeness (QED) is 0.103. The number of carbonyl (C=O) groups is 2. The van der Waals surface area contributed by atoms with Crippen LogP contribution in [0.15, 0.2) is 83.7 Å². The number of nitro benzene ring substituents is 3. The molecule has 232 valence electrons. The van der Waals surface area contributed by atoms with Gasteiger partial charge in [0.05, 0.1) is 64.5 Å². The third-order valence-corrected chi connectivity index (χ3v) is 6.45. The van der Waals surface area contributed by atoms with Gasteiger partial charge in [-0.15, -0.1) is 0 Å². The molecule has 0 saturated heterocycles. The molecule has 1 aliphatic rings. The van der Waals surface area contributed by atoms with E-state index < -0.39 is 66.9 Å². The number of ether oxygens (including phenoxy) is 3. The number of nitrogens with zero attached hydrogens (tertiary/aromatic N) is 5. The van der Waals surface area contributed by atoms with Crippen molar-refractivity contribution < 1.29 is 38.6 Å². The van der Waals surface area contributed by atoms with Gasteiger partial charge in [0.2, 0.25) is 11.6 Å². The van der Waals surface area contributed by atoms with Gasteiger partial charge in [0, 0.05) is 36.3 Å². The maximum absolute atomic E-state index is 13.6. The molecule has 1 aromatic heterocycles. The lowest BCUT2D eigenvalue weighted by Gasteiger charge is -2.32. The number of carbonyl (C=O) groups excluding carboxylic acids is 2. The van der Waals surface area contributed by atoms with Gasteiger partial charge in [-0.2, -0.15) is 0 Å². The highest BCUT2D eigenvalue weighted by Gasteiger charge is 2.42. The molecular formula is C27H23N7O11. The second-order valence-corrected chi connectivity index (χ2v) is 9.14. The lowest BCUT2D eigenvalue weighted by Crippen LogP contribution is -2.38. The second-order valence-electron chi connectivity index (χ2n) is 9.14. The van der Waals surface area contributed by atoms with Crippen molar-refractivity contribution in [2.24, 2.45) is 0 Å². The molecule has 1 atom stereocenters. The van der Waals surface area contributed by atoms with E-state index in [1.165, 1.54) is 42.2 Å². The number of esters is 2. The average molecular weight is 622 g/mol. The van der Waals surface area contributed by atoms with E-state index >= 15 is 0 Å². The number of hydrogen-bond donors (Lipinski definition) is 2. The molecule has 45 heavy (non-hydrogen) atoms. The van der Waals surface area contributed by atoms with Crippen molar-refractivity contribution in [2.45, 2.75) is 19.4 Å². The highest BCUT2D eigenvalue weighted by atomic mass is 16.6. The van der Waals surface area contributed by atoms with E-state index in [4.69, 9.17) is 19.6 Å². The lowest BCUT2D eigenvalue weighted by atomic mass is 9.79. The van der Waals surface area contributed by atoms with E-state index in [0.29, 0.717) is 6.07 Å². The normalized spacial score (nSPS) is 14.3. The first-order valence-electron chi connectivity index (χ1n) is 12.9. The Morgan fingerprint density at radius 2 is 1.71 bits per heavy atom. The molecule has 0 radical (unpaired) electrons. The maximum atomic E-state index is 13.6. The SMILES string of the molecule is CCOC(=O)C1=C(C(=N)Oc2ccc([N+](=O)[O-])cc2[N+](=O)[O-])NC(Cn2ccnc2)=C(C(=O)OC)C1c1cccc([N+](=O)[O-])c1. The molecule has 1 unspecified atom stereocenters. The average Bonchev–Trinajstić information content (AvgIpc) is 3.53. The fourth-order valence-electron chi connectivity index (χ4n) is 4.56. The van der Waals surface area contributed by atoms with Crippen LogP contribution in [0.3, 0.4) is 0 Å². The predicted molar refractivity (Wildman–Crippen MR) is 152 cm³/mol. The topological polar surface area (TPSA) is 245 Å². The fourth-order valence-corrected chi connectivity index (χ4v) is 4.56. The monoisotopic (exact) mass is 621 g/mol. The Morgan fingerprint density at radius 3 is 2.31 bits per heavy atom. The van der Waals surface area contributed by atoms with Gasteiger partial charge in [0.15, 0.2) is 0 Å². The van der Waals surface area contributed by atoms with Crippen LogP contribution in [-0.4, -0.2) is 55.9 Å². The Hall–Kier alpha value is -6.46. The molecule has 0 bridgehead atoms. The summed E-state index contributed by atoms with van der Waals surface area (Å²) in [6.07, 6.45) is 4.43. The molecule has 2 N–H and O–H groups in total. The summed E-state index contributed by atoms with van der Waals surface area (Å²) < 4.78 is 17.3. The molecule has 4 rings (SSSR count). The Bertz CT molecular complexity index is 1780. The van der Waals surface area contributed by atoms with Crippen LogP contribution < -0.4 is 10.1 Å². The highest BCUT2D eigenvalue weighted by Crippen LogP contribution is 2.41. The van der Waals surface area contributed by atoms with Crippen molar-refractivity contribution in [1.29, 1.82) is 5.41 Å². The van der Waals surface area contributed by atoms with E-state index in [2.05, 4.69) is 10.3 Å². The largest absolute Gasteiger partial charge is 0.466 e. The van der Waals surface area contributed by atoms with Gasteiger partial charge in [0.1, 0.15) is 5.70 Å². The van der Waals surface area contributed by atoms with Crippen LogP contribution in [0, 0.1) is 35.8 Å². The number of methoxy groups -OCH3 is 1. The molecule has 1 aliphatic heterocycles. The van der Waals surface area contributed by atoms with Gasteiger partial charge in [-0.1, -0.05) is 12.1 Å². The van der Waals surface area contributed by atoms with Crippen molar-refractivity contribution in [3.8, 4) is 5.75 Å². The number of dihydropyridines is 1.